The summed E-state index contributed by atoms with van der Waals surface area (Å²) in [6, 6.07) is 12.4. The molecule has 0 aromatic heterocycles. The minimum absolute atomic E-state index is 0.0170. The molecule has 1 amide bonds. The second-order valence-electron chi connectivity index (χ2n) is 8.24. The van der Waals surface area contributed by atoms with Gasteiger partial charge < -0.3 is 4.90 Å². The predicted molar refractivity (Wildman–Crippen MR) is 114 cm³/mol. The lowest BCUT2D eigenvalue weighted by molar-refractivity contribution is -0.119. The van der Waals surface area contributed by atoms with Crippen molar-refractivity contribution in [2.24, 2.45) is 0 Å². The fourth-order valence-electron chi connectivity index (χ4n) is 4.68. The van der Waals surface area contributed by atoms with Gasteiger partial charge in [-0.05, 0) is 62.1 Å². The third kappa shape index (κ3) is 4.01. The molecule has 0 bridgehead atoms. The number of carbonyl (C=O) groups is 1. The number of nitrogens with zero attached hydrogens (tertiary/aromatic N) is 2. The number of fused-ring (bicyclic) bond motifs is 1. The number of amides is 1. The lowest BCUT2D eigenvalue weighted by Crippen LogP contribution is -2.49. The molecule has 1 saturated carbocycles. The van der Waals surface area contributed by atoms with E-state index in [4.69, 9.17) is 0 Å². The van der Waals surface area contributed by atoms with Crippen LogP contribution in [0, 0.1) is 5.82 Å². The van der Waals surface area contributed by atoms with Crippen LogP contribution in [0.15, 0.2) is 53.4 Å². The Balaban J connectivity index is 1.65. The lowest BCUT2D eigenvalue weighted by Gasteiger charge is -2.34. The van der Waals surface area contributed by atoms with Crippen LogP contribution in [-0.4, -0.2) is 37.3 Å². The van der Waals surface area contributed by atoms with E-state index in [1.54, 1.807) is 4.90 Å². The maximum absolute atomic E-state index is 13.5. The minimum Gasteiger partial charge on any atom is -0.308 e. The van der Waals surface area contributed by atoms with Crippen molar-refractivity contribution in [2.45, 2.75) is 62.4 Å². The van der Waals surface area contributed by atoms with Crippen LogP contribution in [0.3, 0.4) is 0 Å². The monoisotopic (exact) mass is 430 g/mol. The Morgan fingerprint density at radius 2 is 1.73 bits per heavy atom. The molecule has 7 heteroatoms. The molecule has 4 rings (SSSR count). The number of carbonyl (C=O) groups excluding carboxylic acids is 1. The van der Waals surface area contributed by atoms with E-state index in [-0.39, 0.29) is 29.4 Å². The van der Waals surface area contributed by atoms with E-state index >= 15 is 0 Å². The van der Waals surface area contributed by atoms with E-state index in [0.29, 0.717) is 0 Å². The summed E-state index contributed by atoms with van der Waals surface area (Å²) in [7, 11) is -3.92. The maximum atomic E-state index is 13.5. The molecule has 1 atom stereocenters. The van der Waals surface area contributed by atoms with Gasteiger partial charge in [0.05, 0.1) is 11.4 Å². The summed E-state index contributed by atoms with van der Waals surface area (Å²) >= 11 is 0. The zero-order valence-corrected chi connectivity index (χ0v) is 17.9. The van der Waals surface area contributed by atoms with Gasteiger partial charge in [-0.2, -0.15) is 4.31 Å². The van der Waals surface area contributed by atoms with Crippen LogP contribution in [0.1, 0.15) is 44.6 Å². The maximum Gasteiger partial charge on any atom is 0.243 e. The predicted octanol–water partition coefficient (Wildman–Crippen LogP) is 4.13. The number of hydrogen-bond donors (Lipinski definition) is 0. The van der Waals surface area contributed by atoms with E-state index in [1.807, 2.05) is 31.2 Å². The molecule has 0 saturated heterocycles. The highest BCUT2D eigenvalue weighted by Crippen LogP contribution is 2.33. The summed E-state index contributed by atoms with van der Waals surface area (Å²) in [6.07, 6.45) is 5.19. The molecule has 0 N–H and O–H groups in total. The Morgan fingerprint density at radius 1 is 1.07 bits per heavy atom. The highest BCUT2D eigenvalue weighted by Gasteiger charge is 2.38. The van der Waals surface area contributed by atoms with E-state index in [1.165, 1.54) is 16.4 Å². The number of sulfonamides is 1. The molecule has 0 radical (unpaired) electrons. The van der Waals surface area contributed by atoms with E-state index < -0.39 is 15.8 Å². The molecule has 1 aliphatic heterocycles. The normalized spacial score (nSPS) is 19.8. The number of halogens is 1. The van der Waals surface area contributed by atoms with Gasteiger partial charge in [-0.3, -0.25) is 4.79 Å². The Morgan fingerprint density at radius 3 is 2.43 bits per heavy atom. The highest BCUT2D eigenvalue weighted by atomic mass is 32.2. The average Bonchev–Trinajstić information content (AvgIpc) is 3.08. The number of anilines is 1. The Kier molecular flexibility index (Phi) is 5.93. The molecule has 1 heterocycles. The first-order valence-corrected chi connectivity index (χ1v) is 12.0. The van der Waals surface area contributed by atoms with Gasteiger partial charge in [0, 0.05) is 17.8 Å². The topological polar surface area (TPSA) is 57.7 Å². The number of hydrogen-bond acceptors (Lipinski definition) is 3. The molecular formula is C23H27FN2O3S. The van der Waals surface area contributed by atoms with Crippen LogP contribution < -0.4 is 4.90 Å². The first-order valence-electron chi connectivity index (χ1n) is 10.6. The first kappa shape index (κ1) is 21.0. The fourth-order valence-corrected chi connectivity index (χ4v) is 6.31. The molecule has 2 aromatic carbocycles. The van der Waals surface area contributed by atoms with Crippen molar-refractivity contribution in [1.29, 1.82) is 0 Å². The molecular weight excluding hydrogens is 403 g/mol. The summed E-state index contributed by atoms with van der Waals surface area (Å²) < 4.78 is 41.6. The van der Waals surface area contributed by atoms with Crippen LogP contribution in [0.5, 0.6) is 0 Å². The van der Waals surface area contributed by atoms with Gasteiger partial charge in [-0.25, -0.2) is 12.8 Å². The van der Waals surface area contributed by atoms with Crippen molar-refractivity contribution in [3.63, 3.8) is 0 Å². The number of rotatable bonds is 5. The molecule has 5 nitrogen and oxygen atoms in total. The van der Waals surface area contributed by atoms with Gasteiger partial charge in [-0.1, -0.05) is 37.5 Å². The van der Waals surface area contributed by atoms with Gasteiger partial charge >= 0.3 is 0 Å². The van der Waals surface area contributed by atoms with Crippen molar-refractivity contribution in [2.75, 3.05) is 11.4 Å². The van der Waals surface area contributed by atoms with Gasteiger partial charge in [0.1, 0.15) is 5.82 Å². The van der Waals surface area contributed by atoms with E-state index in [2.05, 4.69) is 0 Å². The second kappa shape index (κ2) is 8.47. The van der Waals surface area contributed by atoms with Crippen molar-refractivity contribution in [3.8, 4) is 0 Å². The van der Waals surface area contributed by atoms with Gasteiger partial charge in [0.25, 0.3) is 0 Å². The van der Waals surface area contributed by atoms with Crippen molar-refractivity contribution in [1.82, 2.24) is 4.31 Å². The Hall–Kier alpha value is -2.25. The lowest BCUT2D eigenvalue weighted by atomic mass is 9.95. The molecule has 2 aromatic rings. The smallest absolute Gasteiger partial charge is 0.243 e. The summed E-state index contributed by atoms with van der Waals surface area (Å²) in [4.78, 5) is 15.1. The third-order valence-corrected chi connectivity index (χ3v) is 8.08. The average molecular weight is 431 g/mol. The van der Waals surface area contributed by atoms with Gasteiger partial charge in [0.2, 0.25) is 15.9 Å². The SMILES string of the molecule is C[C@H]1Cc2ccccc2N1C(=O)CN(C1CCCCC1)S(=O)(=O)c1ccc(F)cc1. The molecule has 2 aliphatic rings. The van der Waals surface area contributed by atoms with E-state index in [0.717, 1.165) is 61.9 Å². The number of para-hydroxylation sites is 1. The van der Waals surface area contributed by atoms with Gasteiger partial charge in [-0.15, -0.1) is 0 Å². The van der Waals surface area contributed by atoms with Crippen LogP contribution in [-0.2, 0) is 21.2 Å². The first-order chi connectivity index (χ1) is 14.4. The molecule has 30 heavy (non-hydrogen) atoms. The summed E-state index contributed by atoms with van der Waals surface area (Å²) in [6.45, 7) is 1.78. The Labute approximate surface area is 177 Å². The van der Waals surface area contributed by atoms with Gasteiger partial charge in [0.15, 0.2) is 0 Å². The van der Waals surface area contributed by atoms with Crippen LogP contribution in [0.4, 0.5) is 10.1 Å². The fraction of sp³-hybridized carbons (Fsp3) is 0.435. The van der Waals surface area contributed by atoms with E-state index in [9.17, 15) is 17.6 Å². The van der Waals surface area contributed by atoms with Crippen molar-refractivity contribution in [3.05, 3.63) is 59.9 Å². The third-order valence-electron chi connectivity index (χ3n) is 6.17. The van der Waals surface area contributed by atoms with Crippen molar-refractivity contribution >= 4 is 21.6 Å². The zero-order valence-electron chi connectivity index (χ0n) is 17.1. The minimum atomic E-state index is -3.92. The Bertz CT molecular complexity index is 1020. The zero-order chi connectivity index (χ0) is 21.3. The summed E-state index contributed by atoms with van der Waals surface area (Å²) in [5, 5.41) is 0. The molecule has 1 fully saturated rings. The van der Waals surface area contributed by atoms with Crippen LogP contribution in [0.2, 0.25) is 0 Å². The standard InChI is InChI=1S/C23H27FN2O3S/c1-17-15-18-7-5-6-10-22(18)26(17)23(27)16-25(20-8-3-2-4-9-20)30(28,29)21-13-11-19(24)12-14-21/h5-7,10-14,17,20H,2-4,8-9,15-16H2,1H3/t17-/m0/s1. The molecule has 160 valence electrons. The molecule has 0 spiro atoms. The number of benzene rings is 2. The quantitative estimate of drug-likeness (QED) is 0.717. The highest BCUT2D eigenvalue weighted by molar-refractivity contribution is 7.89. The second-order valence-corrected chi connectivity index (χ2v) is 10.1. The largest absolute Gasteiger partial charge is 0.308 e. The van der Waals surface area contributed by atoms with Crippen LogP contribution in [0.25, 0.3) is 0 Å². The summed E-state index contributed by atoms with van der Waals surface area (Å²) in [5.41, 5.74) is 1.96. The van der Waals surface area contributed by atoms with Crippen LogP contribution >= 0.6 is 0 Å². The van der Waals surface area contributed by atoms with Crippen molar-refractivity contribution < 1.29 is 17.6 Å². The summed E-state index contributed by atoms with van der Waals surface area (Å²) in [5.74, 6) is -0.708. The molecule has 0 unspecified atom stereocenters. The molecule has 1 aliphatic carbocycles.